The van der Waals surface area contributed by atoms with E-state index in [0.717, 1.165) is 5.56 Å². The number of hydrogen-bond donors (Lipinski definition) is 1. The number of ether oxygens (including phenoxy) is 4. The molecule has 0 aromatic heterocycles. The molecule has 0 spiro atoms. The van der Waals surface area contributed by atoms with Crippen LogP contribution in [0.4, 0.5) is 0 Å². The second kappa shape index (κ2) is 10.2. The van der Waals surface area contributed by atoms with E-state index >= 15 is 0 Å². The number of methoxy groups -OCH3 is 3. The zero-order valence-corrected chi connectivity index (χ0v) is 17.9. The maximum atomic E-state index is 12.4. The molecule has 9 heteroatoms. The number of amides is 1. The minimum absolute atomic E-state index is 0.107. The Morgan fingerprint density at radius 3 is 2.24 bits per heavy atom. The van der Waals surface area contributed by atoms with Crippen molar-refractivity contribution in [1.82, 2.24) is 5.32 Å². The maximum absolute atomic E-state index is 12.4. The van der Waals surface area contributed by atoms with Crippen LogP contribution in [0.2, 0.25) is 10.0 Å². The molecule has 0 aliphatic carbocycles. The first-order chi connectivity index (χ1) is 13.8. The lowest BCUT2D eigenvalue weighted by atomic mass is 10.1. The number of benzene rings is 2. The van der Waals surface area contributed by atoms with Gasteiger partial charge in [-0.2, -0.15) is 0 Å². The van der Waals surface area contributed by atoms with Gasteiger partial charge in [0.15, 0.2) is 18.1 Å². The van der Waals surface area contributed by atoms with Crippen molar-refractivity contribution in [3.63, 3.8) is 0 Å². The van der Waals surface area contributed by atoms with Crippen LogP contribution >= 0.6 is 23.2 Å². The van der Waals surface area contributed by atoms with Crippen LogP contribution in [0.5, 0.6) is 17.2 Å². The molecule has 1 atom stereocenters. The summed E-state index contributed by atoms with van der Waals surface area (Å²) in [5.41, 5.74) is 0.871. The van der Waals surface area contributed by atoms with Gasteiger partial charge in [-0.1, -0.05) is 29.3 Å². The van der Waals surface area contributed by atoms with E-state index in [9.17, 15) is 9.59 Å². The van der Waals surface area contributed by atoms with E-state index in [1.807, 2.05) is 0 Å². The number of esters is 1. The molecule has 0 heterocycles. The Morgan fingerprint density at radius 2 is 1.66 bits per heavy atom. The summed E-state index contributed by atoms with van der Waals surface area (Å²) in [5, 5.41) is 3.53. The quantitative estimate of drug-likeness (QED) is 0.621. The van der Waals surface area contributed by atoms with E-state index < -0.39 is 18.5 Å². The van der Waals surface area contributed by atoms with Gasteiger partial charge in [0.2, 0.25) is 5.75 Å². The van der Waals surface area contributed by atoms with Crippen molar-refractivity contribution in [2.75, 3.05) is 27.9 Å². The summed E-state index contributed by atoms with van der Waals surface area (Å²) in [4.78, 5) is 24.6. The van der Waals surface area contributed by atoms with Gasteiger partial charge in [-0.05, 0) is 36.8 Å². The zero-order chi connectivity index (χ0) is 21.6. The third-order valence-electron chi connectivity index (χ3n) is 4.08. The molecule has 0 saturated heterocycles. The third kappa shape index (κ3) is 5.46. The zero-order valence-electron chi connectivity index (χ0n) is 16.4. The highest BCUT2D eigenvalue weighted by molar-refractivity contribution is 6.42. The molecular formula is C20H21Cl2NO6. The minimum atomic E-state index is -0.736. The van der Waals surface area contributed by atoms with Gasteiger partial charge >= 0.3 is 5.97 Å². The molecule has 1 N–H and O–H groups in total. The fourth-order valence-corrected chi connectivity index (χ4v) is 2.93. The molecule has 0 fully saturated rings. The largest absolute Gasteiger partial charge is 0.493 e. The Labute approximate surface area is 178 Å². The van der Waals surface area contributed by atoms with E-state index in [1.54, 1.807) is 31.2 Å². The molecule has 156 valence electrons. The lowest BCUT2D eigenvalue weighted by Gasteiger charge is -2.16. The molecule has 0 bridgehead atoms. The van der Waals surface area contributed by atoms with Crippen molar-refractivity contribution in [3.8, 4) is 17.2 Å². The van der Waals surface area contributed by atoms with E-state index in [1.165, 1.54) is 27.4 Å². The topological polar surface area (TPSA) is 83.1 Å². The van der Waals surface area contributed by atoms with Crippen molar-refractivity contribution >= 4 is 35.1 Å². The standard InChI is InChI=1S/C20H21Cl2NO6/c1-11(12-5-7-14(21)15(22)9-12)23-17(24)10-29-20(25)13-6-8-16(26-2)19(28-4)18(13)27-3/h5-9,11H,10H2,1-4H3,(H,23,24). The highest BCUT2D eigenvalue weighted by Crippen LogP contribution is 2.39. The lowest BCUT2D eigenvalue weighted by Crippen LogP contribution is -2.31. The Kier molecular flexibility index (Phi) is 7.99. The number of nitrogens with one attached hydrogen (secondary N) is 1. The van der Waals surface area contributed by atoms with Crippen LogP contribution in [0, 0.1) is 0 Å². The molecule has 1 unspecified atom stereocenters. The van der Waals surface area contributed by atoms with E-state index in [2.05, 4.69) is 5.32 Å². The maximum Gasteiger partial charge on any atom is 0.342 e. The minimum Gasteiger partial charge on any atom is -0.493 e. The monoisotopic (exact) mass is 441 g/mol. The molecule has 0 aliphatic heterocycles. The van der Waals surface area contributed by atoms with Gasteiger partial charge in [0, 0.05) is 0 Å². The summed E-state index contributed by atoms with van der Waals surface area (Å²) < 4.78 is 20.8. The average molecular weight is 442 g/mol. The fraction of sp³-hybridized carbons (Fsp3) is 0.300. The Bertz CT molecular complexity index is 903. The second-order valence-corrected chi connectivity index (χ2v) is 6.74. The van der Waals surface area contributed by atoms with Crippen LogP contribution < -0.4 is 19.5 Å². The molecule has 2 aromatic rings. The second-order valence-electron chi connectivity index (χ2n) is 5.92. The molecule has 2 aromatic carbocycles. The van der Waals surface area contributed by atoms with Gasteiger partial charge in [-0.3, -0.25) is 4.79 Å². The predicted octanol–water partition coefficient (Wildman–Crippen LogP) is 4.05. The van der Waals surface area contributed by atoms with Gasteiger partial charge in [0.1, 0.15) is 5.56 Å². The number of carbonyl (C=O) groups is 2. The molecule has 29 heavy (non-hydrogen) atoms. The summed E-state index contributed by atoms with van der Waals surface area (Å²) in [6.45, 7) is 1.30. The predicted molar refractivity (Wildman–Crippen MR) is 109 cm³/mol. The van der Waals surface area contributed by atoms with E-state index in [4.69, 9.17) is 42.1 Å². The summed E-state index contributed by atoms with van der Waals surface area (Å²) >= 11 is 11.9. The highest BCUT2D eigenvalue weighted by atomic mass is 35.5. The molecule has 0 aliphatic rings. The van der Waals surface area contributed by atoms with Crippen molar-refractivity contribution < 1.29 is 28.5 Å². The average Bonchev–Trinajstić information content (AvgIpc) is 2.72. The van der Waals surface area contributed by atoms with Gasteiger partial charge in [-0.25, -0.2) is 4.79 Å². The molecule has 0 radical (unpaired) electrons. The highest BCUT2D eigenvalue weighted by Gasteiger charge is 2.22. The van der Waals surface area contributed by atoms with Crippen LogP contribution in [-0.2, 0) is 9.53 Å². The lowest BCUT2D eigenvalue weighted by molar-refractivity contribution is -0.124. The van der Waals surface area contributed by atoms with Gasteiger partial charge < -0.3 is 24.3 Å². The van der Waals surface area contributed by atoms with Crippen LogP contribution in [0.1, 0.15) is 28.9 Å². The molecular weight excluding hydrogens is 421 g/mol. The first-order valence-corrected chi connectivity index (χ1v) is 9.28. The summed E-state index contributed by atoms with van der Waals surface area (Å²) in [7, 11) is 4.28. The summed E-state index contributed by atoms with van der Waals surface area (Å²) in [5.74, 6) is -0.408. The van der Waals surface area contributed by atoms with Crippen molar-refractivity contribution in [2.24, 2.45) is 0 Å². The number of halogens is 2. The SMILES string of the molecule is COc1ccc(C(=O)OCC(=O)NC(C)c2ccc(Cl)c(Cl)c2)c(OC)c1OC. The number of hydrogen-bond acceptors (Lipinski definition) is 6. The van der Waals surface area contributed by atoms with Crippen molar-refractivity contribution in [1.29, 1.82) is 0 Å². The smallest absolute Gasteiger partial charge is 0.342 e. The van der Waals surface area contributed by atoms with Crippen molar-refractivity contribution in [3.05, 3.63) is 51.5 Å². The fourth-order valence-electron chi connectivity index (χ4n) is 2.62. The van der Waals surface area contributed by atoms with E-state index in [-0.39, 0.29) is 23.1 Å². The number of carbonyl (C=O) groups excluding carboxylic acids is 2. The van der Waals surface area contributed by atoms with Crippen LogP contribution in [0.15, 0.2) is 30.3 Å². The normalized spacial score (nSPS) is 11.4. The Morgan fingerprint density at radius 1 is 0.966 bits per heavy atom. The first kappa shape index (κ1) is 22.6. The van der Waals surface area contributed by atoms with Gasteiger partial charge in [0.25, 0.3) is 5.91 Å². The molecule has 0 saturated carbocycles. The summed E-state index contributed by atoms with van der Waals surface area (Å²) in [6, 6.07) is 7.72. The van der Waals surface area contributed by atoms with Gasteiger partial charge in [-0.15, -0.1) is 0 Å². The van der Waals surface area contributed by atoms with Crippen LogP contribution in [0.25, 0.3) is 0 Å². The third-order valence-corrected chi connectivity index (χ3v) is 4.82. The van der Waals surface area contributed by atoms with Crippen LogP contribution in [0.3, 0.4) is 0 Å². The Balaban J connectivity index is 2.03. The number of rotatable bonds is 8. The van der Waals surface area contributed by atoms with Gasteiger partial charge in [0.05, 0.1) is 37.4 Å². The summed E-state index contributed by atoms with van der Waals surface area (Å²) in [6.07, 6.45) is 0. The Hall–Kier alpha value is -2.64. The first-order valence-electron chi connectivity index (χ1n) is 8.52. The molecule has 1 amide bonds. The van der Waals surface area contributed by atoms with Crippen LogP contribution in [-0.4, -0.2) is 39.8 Å². The van der Waals surface area contributed by atoms with E-state index in [0.29, 0.717) is 15.8 Å². The molecule has 7 nitrogen and oxygen atoms in total. The molecule has 2 rings (SSSR count). The van der Waals surface area contributed by atoms with Crippen molar-refractivity contribution in [2.45, 2.75) is 13.0 Å².